The van der Waals surface area contributed by atoms with Crippen molar-refractivity contribution in [2.24, 2.45) is 0 Å². The minimum atomic E-state index is -4.50. The van der Waals surface area contributed by atoms with Crippen molar-refractivity contribution in [3.63, 3.8) is 0 Å². The zero-order chi connectivity index (χ0) is 23.8. The number of nitrogens with zero attached hydrogens (tertiary/aromatic N) is 5. The predicted octanol–water partition coefficient (Wildman–Crippen LogP) is 5.38. The van der Waals surface area contributed by atoms with Gasteiger partial charge in [-0.3, -0.25) is 10.1 Å². The van der Waals surface area contributed by atoms with Gasteiger partial charge in [0.05, 0.1) is 28.1 Å². The first-order valence-electron chi connectivity index (χ1n) is 9.51. The van der Waals surface area contributed by atoms with Gasteiger partial charge >= 0.3 is 6.18 Å². The van der Waals surface area contributed by atoms with Crippen molar-refractivity contribution in [2.75, 3.05) is 0 Å². The number of pyridine rings is 1. The van der Waals surface area contributed by atoms with Gasteiger partial charge in [0.1, 0.15) is 11.8 Å². The SMILES string of the molecule is Cc1ccc([N+](=O)[O-])cc1Cn1c(C#N)nc2ccc(Oc3ccc(C(F)(F)F)cn3)cc21. The molecule has 0 aliphatic carbocycles. The molecule has 0 fully saturated rings. The first kappa shape index (κ1) is 21.8. The minimum Gasteiger partial charge on any atom is -0.439 e. The van der Waals surface area contributed by atoms with E-state index >= 15 is 0 Å². The summed E-state index contributed by atoms with van der Waals surface area (Å²) in [5.74, 6) is 0.334. The molecule has 0 saturated heterocycles. The second-order valence-electron chi connectivity index (χ2n) is 7.14. The number of hydrogen-bond donors (Lipinski definition) is 0. The standard InChI is InChI=1S/C22H14F3N5O3/c1-13-2-4-16(30(31)32)8-14(13)12-29-19-9-17(5-6-18(19)28-20(29)10-26)33-21-7-3-15(11-27-21)22(23,24)25/h2-9,11H,12H2,1H3. The number of imidazole rings is 1. The molecule has 0 radical (unpaired) electrons. The molecule has 8 nitrogen and oxygen atoms in total. The number of nitro benzene ring substituents is 1. The summed E-state index contributed by atoms with van der Waals surface area (Å²) in [7, 11) is 0. The van der Waals surface area contributed by atoms with Crippen LogP contribution in [0, 0.1) is 28.4 Å². The highest BCUT2D eigenvalue weighted by molar-refractivity contribution is 5.78. The van der Waals surface area contributed by atoms with E-state index in [1.165, 1.54) is 12.1 Å². The summed E-state index contributed by atoms with van der Waals surface area (Å²) >= 11 is 0. The van der Waals surface area contributed by atoms with Crippen LogP contribution in [0.15, 0.2) is 54.7 Å². The monoisotopic (exact) mass is 453 g/mol. The zero-order valence-electron chi connectivity index (χ0n) is 17.0. The highest BCUT2D eigenvalue weighted by atomic mass is 19.4. The fourth-order valence-corrected chi connectivity index (χ4v) is 3.25. The molecule has 0 N–H and O–H groups in total. The highest BCUT2D eigenvalue weighted by Crippen LogP contribution is 2.31. The fourth-order valence-electron chi connectivity index (χ4n) is 3.25. The average Bonchev–Trinajstić information content (AvgIpc) is 3.11. The van der Waals surface area contributed by atoms with Crippen LogP contribution < -0.4 is 4.74 Å². The largest absolute Gasteiger partial charge is 0.439 e. The molecule has 4 rings (SSSR count). The third-order valence-electron chi connectivity index (χ3n) is 4.98. The lowest BCUT2D eigenvalue weighted by atomic mass is 10.1. The number of non-ortho nitro benzene ring substituents is 1. The first-order chi connectivity index (χ1) is 15.7. The molecular formula is C22H14F3N5O3. The smallest absolute Gasteiger partial charge is 0.417 e. The van der Waals surface area contributed by atoms with Gasteiger partial charge in [-0.25, -0.2) is 9.97 Å². The number of aromatic nitrogens is 3. The second-order valence-corrected chi connectivity index (χ2v) is 7.14. The van der Waals surface area contributed by atoms with Crippen LogP contribution in [-0.2, 0) is 12.7 Å². The number of nitriles is 1. The summed E-state index contributed by atoms with van der Waals surface area (Å²) in [5.41, 5.74) is 1.47. The maximum atomic E-state index is 12.7. The summed E-state index contributed by atoms with van der Waals surface area (Å²) in [6, 6.07) is 13.2. The van der Waals surface area contributed by atoms with E-state index in [-0.39, 0.29) is 29.7 Å². The van der Waals surface area contributed by atoms with Gasteiger partial charge < -0.3 is 9.30 Å². The van der Waals surface area contributed by atoms with Gasteiger partial charge in [0.2, 0.25) is 11.7 Å². The topological polar surface area (TPSA) is 107 Å². The van der Waals surface area contributed by atoms with Crippen LogP contribution in [0.1, 0.15) is 22.5 Å². The van der Waals surface area contributed by atoms with E-state index in [2.05, 4.69) is 9.97 Å². The van der Waals surface area contributed by atoms with Gasteiger partial charge in [0.25, 0.3) is 5.69 Å². The molecule has 2 heterocycles. The Morgan fingerprint density at radius 1 is 1.18 bits per heavy atom. The summed E-state index contributed by atoms with van der Waals surface area (Å²) in [6.45, 7) is 1.95. The van der Waals surface area contributed by atoms with Crippen LogP contribution in [0.2, 0.25) is 0 Å². The maximum Gasteiger partial charge on any atom is 0.417 e. The quantitative estimate of drug-likeness (QED) is 0.297. The van der Waals surface area contributed by atoms with Crippen molar-refractivity contribution in [1.82, 2.24) is 14.5 Å². The van der Waals surface area contributed by atoms with Crippen molar-refractivity contribution in [3.8, 4) is 17.7 Å². The van der Waals surface area contributed by atoms with Crippen LogP contribution >= 0.6 is 0 Å². The molecule has 0 spiro atoms. The Balaban J connectivity index is 1.70. The lowest BCUT2D eigenvalue weighted by Crippen LogP contribution is -2.05. The minimum absolute atomic E-state index is 0.0385. The fraction of sp³-hybridized carbons (Fsp3) is 0.136. The van der Waals surface area contributed by atoms with E-state index in [1.807, 2.05) is 6.07 Å². The highest BCUT2D eigenvalue weighted by Gasteiger charge is 2.30. The molecule has 0 atom stereocenters. The van der Waals surface area contributed by atoms with Crippen molar-refractivity contribution in [3.05, 3.63) is 87.4 Å². The van der Waals surface area contributed by atoms with Crippen LogP contribution in [0.3, 0.4) is 0 Å². The number of fused-ring (bicyclic) bond motifs is 1. The summed E-state index contributed by atoms with van der Waals surface area (Å²) < 4.78 is 45.3. The van der Waals surface area contributed by atoms with Crippen LogP contribution in [0.4, 0.5) is 18.9 Å². The van der Waals surface area contributed by atoms with Crippen LogP contribution in [0.5, 0.6) is 11.6 Å². The second kappa shape index (κ2) is 8.23. The Morgan fingerprint density at radius 3 is 2.61 bits per heavy atom. The molecule has 11 heteroatoms. The number of alkyl halides is 3. The molecule has 0 saturated carbocycles. The number of ether oxygens (including phenoxy) is 1. The van der Waals surface area contributed by atoms with E-state index in [0.717, 1.165) is 17.7 Å². The number of aryl methyl sites for hydroxylation is 1. The Hall–Kier alpha value is -4.46. The van der Waals surface area contributed by atoms with E-state index in [4.69, 9.17) is 4.74 Å². The third-order valence-corrected chi connectivity index (χ3v) is 4.98. The summed E-state index contributed by atoms with van der Waals surface area (Å²) in [5, 5.41) is 20.7. The number of nitro groups is 1. The van der Waals surface area contributed by atoms with Crippen molar-refractivity contribution >= 4 is 16.7 Å². The van der Waals surface area contributed by atoms with Gasteiger partial charge in [-0.05, 0) is 36.2 Å². The summed E-state index contributed by atoms with van der Waals surface area (Å²) in [6.07, 6.45) is -3.83. The molecule has 0 aliphatic rings. The lowest BCUT2D eigenvalue weighted by Gasteiger charge is -2.10. The number of benzene rings is 2. The Kier molecular flexibility index (Phi) is 5.43. The van der Waals surface area contributed by atoms with Crippen LogP contribution in [0.25, 0.3) is 11.0 Å². The number of hydrogen-bond acceptors (Lipinski definition) is 6. The molecular weight excluding hydrogens is 439 g/mol. The third kappa shape index (κ3) is 4.45. The molecule has 0 bridgehead atoms. The van der Waals surface area contributed by atoms with Gasteiger partial charge in [-0.1, -0.05) is 6.07 Å². The maximum absolute atomic E-state index is 12.7. The van der Waals surface area contributed by atoms with E-state index in [9.17, 15) is 28.5 Å². The van der Waals surface area contributed by atoms with E-state index in [0.29, 0.717) is 22.8 Å². The average molecular weight is 453 g/mol. The van der Waals surface area contributed by atoms with E-state index < -0.39 is 16.7 Å². The molecule has 0 amide bonds. The zero-order valence-corrected chi connectivity index (χ0v) is 17.0. The molecule has 2 aromatic carbocycles. The van der Waals surface area contributed by atoms with Crippen molar-refractivity contribution < 1.29 is 22.8 Å². The van der Waals surface area contributed by atoms with Gasteiger partial charge in [-0.15, -0.1) is 0 Å². The summed E-state index contributed by atoms with van der Waals surface area (Å²) in [4.78, 5) is 18.6. The molecule has 0 unspecified atom stereocenters. The lowest BCUT2D eigenvalue weighted by molar-refractivity contribution is -0.384. The molecule has 4 aromatic rings. The molecule has 166 valence electrons. The molecule has 2 aromatic heterocycles. The normalized spacial score (nSPS) is 11.4. The van der Waals surface area contributed by atoms with Crippen molar-refractivity contribution in [1.29, 1.82) is 5.26 Å². The van der Waals surface area contributed by atoms with Crippen molar-refractivity contribution in [2.45, 2.75) is 19.6 Å². The Labute approximate surface area is 184 Å². The molecule has 0 aliphatic heterocycles. The van der Waals surface area contributed by atoms with Gasteiger partial charge in [0, 0.05) is 30.5 Å². The van der Waals surface area contributed by atoms with Crippen LogP contribution in [-0.4, -0.2) is 19.5 Å². The molecule has 33 heavy (non-hydrogen) atoms. The van der Waals surface area contributed by atoms with Gasteiger partial charge in [-0.2, -0.15) is 18.4 Å². The number of halogens is 3. The number of rotatable bonds is 5. The van der Waals surface area contributed by atoms with Gasteiger partial charge in [0.15, 0.2) is 0 Å². The predicted molar refractivity (Wildman–Crippen MR) is 111 cm³/mol. The van der Waals surface area contributed by atoms with E-state index in [1.54, 1.807) is 35.8 Å². The Bertz CT molecular complexity index is 1410. The first-order valence-corrected chi connectivity index (χ1v) is 9.51. The Morgan fingerprint density at radius 2 is 1.97 bits per heavy atom.